The Hall–Kier alpha value is -2.98. The van der Waals surface area contributed by atoms with Crippen LogP contribution in [-0.2, 0) is 11.3 Å². The van der Waals surface area contributed by atoms with E-state index in [1.807, 2.05) is 24.3 Å². The Bertz CT molecular complexity index is 1220. The molecule has 216 valence electrons. The molecule has 11 heteroatoms. The van der Waals surface area contributed by atoms with Gasteiger partial charge in [-0.3, -0.25) is 9.69 Å². The number of piperazine rings is 1. The molecule has 4 rings (SSSR count). The number of allylic oxidation sites excluding steroid dienone is 2. The largest absolute Gasteiger partial charge is 0.481 e. The maximum atomic E-state index is 11.1. The minimum absolute atomic E-state index is 0.171. The van der Waals surface area contributed by atoms with Crippen molar-refractivity contribution in [3.05, 3.63) is 69.8 Å². The number of likely N-dealkylation sites (tertiary alicyclic amines) is 1. The lowest BCUT2D eigenvalue weighted by Gasteiger charge is -2.35. The summed E-state index contributed by atoms with van der Waals surface area (Å²) in [6, 6.07) is 9.15. The van der Waals surface area contributed by atoms with E-state index in [0.29, 0.717) is 34.0 Å². The van der Waals surface area contributed by atoms with Gasteiger partial charge >= 0.3 is 5.97 Å². The van der Waals surface area contributed by atoms with Gasteiger partial charge in [0.1, 0.15) is 0 Å². The molecule has 2 aromatic rings. The molecular weight excluding hydrogens is 551 g/mol. The zero-order valence-electron chi connectivity index (χ0n) is 22.9. The van der Waals surface area contributed by atoms with Crippen LogP contribution in [0.15, 0.2) is 54.2 Å². The van der Waals surface area contributed by atoms with Crippen molar-refractivity contribution in [3.63, 3.8) is 0 Å². The van der Waals surface area contributed by atoms with E-state index in [-0.39, 0.29) is 18.2 Å². The quantitative estimate of drug-likeness (QED) is 0.274. The van der Waals surface area contributed by atoms with Gasteiger partial charge in [-0.2, -0.15) is 0 Å². The lowest BCUT2D eigenvalue weighted by Crippen LogP contribution is -2.46. The highest BCUT2D eigenvalue weighted by Gasteiger charge is 2.22. The van der Waals surface area contributed by atoms with Crippen molar-refractivity contribution < 1.29 is 14.6 Å². The first kappa shape index (κ1) is 30.0. The molecule has 0 saturated carbocycles. The van der Waals surface area contributed by atoms with Crippen molar-refractivity contribution in [2.24, 2.45) is 17.4 Å². The van der Waals surface area contributed by atoms with Gasteiger partial charge in [0, 0.05) is 66.9 Å². The van der Waals surface area contributed by atoms with Crippen LogP contribution in [0.4, 0.5) is 0 Å². The van der Waals surface area contributed by atoms with Gasteiger partial charge < -0.3 is 31.1 Å². The van der Waals surface area contributed by atoms with Crippen LogP contribution in [0.2, 0.25) is 10.0 Å². The third-order valence-electron chi connectivity index (χ3n) is 7.42. The summed E-state index contributed by atoms with van der Waals surface area (Å²) in [6.45, 7) is 9.21. The monoisotopic (exact) mass is 588 g/mol. The van der Waals surface area contributed by atoms with Gasteiger partial charge in [-0.15, -0.1) is 0 Å². The van der Waals surface area contributed by atoms with Gasteiger partial charge in [0.05, 0.1) is 11.5 Å². The number of nitrogens with two attached hydrogens (primary N) is 2. The zero-order valence-corrected chi connectivity index (χ0v) is 24.4. The zero-order chi connectivity index (χ0) is 28.6. The molecule has 0 amide bonds. The Morgan fingerprint density at radius 3 is 2.30 bits per heavy atom. The van der Waals surface area contributed by atoms with Crippen molar-refractivity contribution in [3.8, 4) is 17.1 Å². The number of nitrogens with zero attached hydrogens (tertiary/aromatic N) is 4. The maximum absolute atomic E-state index is 11.1. The number of likely N-dealkylation sites (N-methyl/N-ethyl adjacent to an activating group) is 1. The third-order valence-corrected chi connectivity index (χ3v) is 7.86. The molecule has 1 aromatic heterocycles. The fourth-order valence-corrected chi connectivity index (χ4v) is 5.68. The lowest BCUT2D eigenvalue weighted by atomic mass is 9.93. The molecule has 0 atom stereocenters. The third kappa shape index (κ3) is 8.76. The smallest absolute Gasteiger partial charge is 0.303 e. The van der Waals surface area contributed by atoms with Gasteiger partial charge in [-0.1, -0.05) is 30.1 Å². The van der Waals surface area contributed by atoms with Crippen LogP contribution in [0, 0.1) is 5.92 Å². The van der Waals surface area contributed by atoms with E-state index in [9.17, 15) is 4.79 Å². The fraction of sp³-hybridized carbons (Fsp3) is 0.448. The topological polar surface area (TPSA) is 121 Å². The predicted molar refractivity (Wildman–Crippen MR) is 159 cm³/mol. The number of aliphatic carboxylic acids is 1. The number of carboxylic acid groups (broad SMARTS) is 1. The lowest BCUT2D eigenvalue weighted by molar-refractivity contribution is -0.138. The Balaban J connectivity index is 1.50. The molecule has 0 radical (unpaired) electrons. The van der Waals surface area contributed by atoms with Gasteiger partial charge in [0.25, 0.3) is 0 Å². The summed E-state index contributed by atoms with van der Waals surface area (Å²) in [4.78, 5) is 22.6. The average molecular weight is 590 g/mol. The first-order chi connectivity index (χ1) is 19.2. The highest BCUT2D eigenvalue weighted by Crippen LogP contribution is 2.30. The van der Waals surface area contributed by atoms with Crippen molar-refractivity contribution in [2.75, 3.05) is 45.8 Å². The minimum Gasteiger partial charge on any atom is -0.481 e. The molecule has 9 nitrogen and oxygen atoms in total. The van der Waals surface area contributed by atoms with E-state index in [1.165, 1.54) is 0 Å². The molecule has 0 unspecified atom stereocenters. The molecular formula is C29H38Cl2N6O3. The summed E-state index contributed by atoms with van der Waals surface area (Å²) in [5, 5.41) is 10.1. The van der Waals surface area contributed by atoms with Crippen LogP contribution in [-0.4, -0.2) is 76.6 Å². The fourth-order valence-electron chi connectivity index (χ4n) is 5.16. The van der Waals surface area contributed by atoms with Crippen molar-refractivity contribution in [1.82, 2.24) is 19.7 Å². The van der Waals surface area contributed by atoms with E-state index in [4.69, 9.17) is 44.5 Å². The summed E-state index contributed by atoms with van der Waals surface area (Å²) in [7, 11) is 0. The summed E-state index contributed by atoms with van der Waals surface area (Å²) < 4.78 is 5.95. The maximum Gasteiger partial charge on any atom is 0.303 e. The SMILES string of the molecule is CCN1CCN(/C(N)=C/C=C(\N)Oc2cc(CN3CCC(CC(=O)O)CC3)cc(-c3cc(Cl)cc(Cl)c3)n2)CC1. The van der Waals surface area contributed by atoms with Crippen molar-refractivity contribution in [2.45, 2.75) is 32.7 Å². The molecule has 40 heavy (non-hydrogen) atoms. The summed E-state index contributed by atoms with van der Waals surface area (Å²) in [5.74, 6) is 0.645. The number of halogens is 2. The number of carboxylic acids is 1. The van der Waals surface area contributed by atoms with Gasteiger partial charge in [-0.05, 0) is 74.3 Å². The second kappa shape index (κ2) is 14.1. The Kier molecular flexibility index (Phi) is 10.6. The van der Waals surface area contributed by atoms with E-state index >= 15 is 0 Å². The number of carbonyl (C=O) groups is 1. The Morgan fingerprint density at radius 1 is 1.00 bits per heavy atom. The van der Waals surface area contributed by atoms with Crippen molar-refractivity contribution >= 4 is 29.2 Å². The van der Waals surface area contributed by atoms with E-state index in [0.717, 1.165) is 69.8 Å². The highest BCUT2D eigenvalue weighted by molar-refractivity contribution is 6.35. The number of rotatable bonds is 10. The molecule has 0 bridgehead atoms. The molecule has 0 spiro atoms. The van der Waals surface area contributed by atoms with Crippen molar-refractivity contribution in [1.29, 1.82) is 0 Å². The van der Waals surface area contributed by atoms with E-state index < -0.39 is 5.97 Å². The molecule has 3 heterocycles. The predicted octanol–water partition coefficient (Wildman–Crippen LogP) is 4.36. The van der Waals surface area contributed by atoms with Crippen LogP contribution >= 0.6 is 23.2 Å². The van der Waals surface area contributed by atoms with Gasteiger partial charge in [0.15, 0.2) is 5.88 Å². The summed E-state index contributed by atoms with van der Waals surface area (Å²) in [6.07, 6.45) is 5.35. The average Bonchev–Trinajstić information content (AvgIpc) is 2.92. The van der Waals surface area contributed by atoms with E-state index in [2.05, 4.69) is 26.6 Å². The van der Waals surface area contributed by atoms with Crippen LogP contribution in [0.3, 0.4) is 0 Å². The first-order valence-corrected chi connectivity index (χ1v) is 14.4. The summed E-state index contributed by atoms with van der Waals surface area (Å²) in [5.41, 5.74) is 14.9. The van der Waals surface area contributed by atoms with Gasteiger partial charge in [0.2, 0.25) is 5.88 Å². The second-order valence-electron chi connectivity index (χ2n) is 10.4. The second-order valence-corrected chi connectivity index (χ2v) is 11.2. The first-order valence-electron chi connectivity index (χ1n) is 13.7. The molecule has 2 saturated heterocycles. The van der Waals surface area contributed by atoms with Crippen LogP contribution in [0.5, 0.6) is 5.88 Å². The molecule has 2 aliphatic heterocycles. The summed E-state index contributed by atoms with van der Waals surface area (Å²) >= 11 is 12.5. The molecule has 5 N–H and O–H groups in total. The molecule has 2 fully saturated rings. The van der Waals surface area contributed by atoms with Gasteiger partial charge in [-0.25, -0.2) is 4.98 Å². The van der Waals surface area contributed by atoms with Crippen LogP contribution < -0.4 is 16.2 Å². The number of hydrogen-bond acceptors (Lipinski definition) is 8. The molecule has 0 aliphatic carbocycles. The van der Waals surface area contributed by atoms with E-state index in [1.54, 1.807) is 18.2 Å². The number of ether oxygens (including phenoxy) is 1. The number of pyridine rings is 1. The molecule has 2 aliphatic rings. The Labute approximate surface area is 246 Å². The Morgan fingerprint density at radius 2 is 1.68 bits per heavy atom. The molecule has 1 aromatic carbocycles. The number of benzene rings is 1. The minimum atomic E-state index is -0.736. The normalized spacial score (nSPS) is 18.2. The number of hydrogen-bond donors (Lipinski definition) is 3. The standard InChI is InChI=1S/C29H38Cl2N6O3/c1-2-35-9-11-37(12-10-35)26(32)3-4-27(33)40-28-14-21(19-36-7-5-20(6-8-36)15-29(38)39)13-25(34-28)22-16-23(30)18-24(31)17-22/h3-4,13-14,16-18,20H,2,5-12,15,19,32-33H2,1H3,(H,38,39)/b26-3+,27-4+. The number of aromatic nitrogens is 1. The van der Waals surface area contributed by atoms with Crippen LogP contribution in [0.1, 0.15) is 31.7 Å². The van der Waals surface area contributed by atoms with Crippen LogP contribution in [0.25, 0.3) is 11.3 Å². The number of piperidine rings is 1. The highest BCUT2D eigenvalue weighted by atomic mass is 35.5.